The maximum absolute atomic E-state index is 12.0. The fourth-order valence-corrected chi connectivity index (χ4v) is 1.81. The lowest BCUT2D eigenvalue weighted by molar-refractivity contribution is 0.0953. The minimum atomic E-state index is -0.0756. The number of aryl methyl sites for hydroxylation is 1. The van der Waals surface area contributed by atoms with Crippen molar-refractivity contribution in [2.45, 2.75) is 20.3 Å². The Hall–Kier alpha value is -1.95. The highest BCUT2D eigenvalue weighted by Crippen LogP contribution is 2.06. The van der Waals surface area contributed by atoms with Crippen LogP contribution in [0.1, 0.15) is 29.5 Å². The van der Waals surface area contributed by atoms with Crippen LogP contribution in [0.15, 0.2) is 18.3 Å². The lowest BCUT2D eigenvalue weighted by atomic mass is 10.2. The standard InChI is InChI=1S/C13H19N5O/c1-3-6-14-7-8-15-13(19)11-4-5-12-17-16-10(2)18(12)9-11/h4-5,9,14H,3,6-8H2,1-2H3,(H,15,19). The van der Waals surface area contributed by atoms with Gasteiger partial charge in [-0.1, -0.05) is 6.92 Å². The van der Waals surface area contributed by atoms with Crippen molar-refractivity contribution in [3.8, 4) is 0 Å². The lowest BCUT2D eigenvalue weighted by Crippen LogP contribution is -2.32. The maximum atomic E-state index is 12.0. The Morgan fingerprint density at radius 2 is 2.11 bits per heavy atom. The number of pyridine rings is 1. The molecule has 0 atom stereocenters. The number of nitrogens with one attached hydrogen (secondary N) is 2. The number of amides is 1. The molecular weight excluding hydrogens is 242 g/mol. The Bertz CT molecular complexity index is 563. The predicted molar refractivity (Wildman–Crippen MR) is 73.2 cm³/mol. The molecule has 6 nitrogen and oxygen atoms in total. The van der Waals surface area contributed by atoms with E-state index < -0.39 is 0 Å². The van der Waals surface area contributed by atoms with Gasteiger partial charge in [-0.05, 0) is 32.0 Å². The van der Waals surface area contributed by atoms with Crippen LogP contribution in [0.5, 0.6) is 0 Å². The zero-order chi connectivity index (χ0) is 13.7. The number of fused-ring (bicyclic) bond motifs is 1. The van der Waals surface area contributed by atoms with Crippen LogP contribution in [0.2, 0.25) is 0 Å². The first kappa shape index (κ1) is 13.5. The van der Waals surface area contributed by atoms with Gasteiger partial charge in [-0.15, -0.1) is 10.2 Å². The second kappa shape index (κ2) is 6.29. The lowest BCUT2D eigenvalue weighted by Gasteiger charge is -2.06. The van der Waals surface area contributed by atoms with Gasteiger partial charge in [0, 0.05) is 19.3 Å². The molecule has 0 bridgehead atoms. The van der Waals surface area contributed by atoms with Gasteiger partial charge in [-0.2, -0.15) is 0 Å². The largest absolute Gasteiger partial charge is 0.351 e. The van der Waals surface area contributed by atoms with Gasteiger partial charge in [-0.3, -0.25) is 9.20 Å². The van der Waals surface area contributed by atoms with Crippen LogP contribution in [-0.2, 0) is 0 Å². The third-order valence-corrected chi connectivity index (χ3v) is 2.85. The van der Waals surface area contributed by atoms with Crippen LogP contribution < -0.4 is 10.6 Å². The molecule has 102 valence electrons. The summed E-state index contributed by atoms with van der Waals surface area (Å²) in [7, 11) is 0. The van der Waals surface area contributed by atoms with Crippen molar-refractivity contribution in [1.82, 2.24) is 25.2 Å². The van der Waals surface area contributed by atoms with Crippen molar-refractivity contribution in [3.63, 3.8) is 0 Å². The van der Waals surface area contributed by atoms with E-state index in [1.54, 1.807) is 18.3 Å². The Morgan fingerprint density at radius 1 is 1.26 bits per heavy atom. The van der Waals surface area contributed by atoms with Gasteiger partial charge >= 0.3 is 0 Å². The molecule has 2 heterocycles. The monoisotopic (exact) mass is 261 g/mol. The van der Waals surface area contributed by atoms with E-state index in [0.717, 1.165) is 31.0 Å². The number of hydrogen-bond donors (Lipinski definition) is 2. The molecule has 6 heteroatoms. The summed E-state index contributed by atoms with van der Waals surface area (Å²) in [6.07, 6.45) is 2.86. The first-order valence-corrected chi connectivity index (χ1v) is 6.52. The molecule has 19 heavy (non-hydrogen) atoms. The summed E-state index contributed by atoms with van der Waals surface area (Å²) < 4.78 is 1.81. The molecule has 0 aromatic carbocycles. The molecule has 2 aromatic rings. The Labute approximate surface area is 112 Å². The molecule has 0 unspecified atom stereocenters. The van der Waals surface area contributed by atoms with Gasteiger partial charge in [0.2, 0.25) is 0 Å². The second-order valence-electron chi connectivity index (χ2n) is 4.40. The van der Waals surface area contributed by atoms with Crippen molar-refractivity contribution >= 4 is 11.6 Å². The highest BCUT2D eigenvalue weighted by Gasteiger charge is 2.07. The van der Waals surface area contributed by atoms with E-state index >= 15 is 0 Å². The van der Waals surface area contributed by atoms with E-state index in [0.29, 0.717) is 12.1 Å². The maximum Gasteiger partial charge on any atom is 0.252 e. The topological polar surface area (TPSA) is 71.3 Å². The SMILES string of the molecule is CCCNCCNC(=O)c1ccc2nnc(C)n2c1. The summed E-state index contributed by atoms with van der Waals surface area (Å²) in [6, 6.07) is 3.56. The Kier molecular flexibility index (Phi) is 4.46. The normalized spacial score (nSPS) is 10.8. The zero-order valence-corrected chi connectivity index (χ0v) is 11.3. The molecule has 0 aliphatic rings. The Balaban J connectivity index is 1.95. The van der Waals surface area contributed by atoms with Gasteiger partial charge < -0.3 is 10.6 Å². The summed E-state index contributed by atoms with van der Waals surface area (Å²) in [4.78, 5) is 12.0. The van der Waals surface area contributed by atoms with Crippen LogP contribution >= 0.6 is 0 Å². The molecule has 1 amide bonds. The molecule has 0 radical (unpaired) electrons. The number of hydrogen-bond acceptors (Lipinski definition) is 4. The van der Waals surface area contributed by atoms with E-state index in [9.17, 15) is 4.79 Å². The smallest absolute Gasteiger partial charge is 0.252 e. The fourth-order valence-electron chi connectivity index (χ4n) is 1.81. The number of aromatic nitrogens is 3. The van der Waals surface area contributed by atoms with Crippen molar-refractivity contribution in [2.24, 2.45) is 0 Å². The molecule has 0 fully saturated rings. The average Bonchev–Trinajstić information content (AvgIpc) is 2.79. The van der Waals surface area contributed by atoms with Crippen LogP contribution in [0.25, 0.3) is 5.65 Å². The quantitative estimate of drug-likeness (QED) is 0.753. The molecule has 0 aliphatic carbocycles. The van der Waals surface area contributed by atoms with Crippen molar-refractivity contribution in [3.05, 3.63) is 29.7 Å². The number of carbonyl (C=O) groups excluding carboxylic acids is 1. The van der Waals surface area contributed by atoms with Gasteiger partial charge in [-0.25, -0.2) is 0 Å². The molecule has 0 spiro atoms. The highest BCUT2D eigenvalue weighted by atomic mass is 16.1. The molecule has 0 aliphatic heterocycles. The minimum absolute atomic E-state index is 0.0756. The van der Waals surface area contributed by atoms with Gasteiger partial charge in [0.05, 0.1) is 5.56 Å². The van der Waals surface area contributed by atoms with Crippen molar-refractivity contribution in [2.75, 3.05) is 19.6 Å². The molecule has 0 saturated carbocycles. The molecular formula is C13H19N5O. The first-order valence-electron chi connectivity index (χ1n) is 6.52. The van der Waals surface area contributed by atoms with E-state index in [2.05, 4.69) is 27.8 Å². The van der Waals surface area contributed by atoms with Crippen LogP contribution in [0.4, 0.5) is 0 Å². The van der Waals surface area contributed by atoms with Crippen LogP contribution in [-0.4, -0.2) is 40.1 Å². The van der Waals surface area contributed by atoms with Gasteiger partial charge in [0.1, 0.15) is 5.82 Å². The van der Waals surface area contributed by atoms with E-state index in [1.807, 2.05) is 11.3 Å². The molecule has 0 saturated heterocycles. The predicted octanol–water partition coefficient (Wildman–Crippen LogP) is 0.767. The second-order valence-corrected chi connectivity index (χ2v) is 4.40. The molecule has 2 aromatic heterocycles. The van der Waals surface area contributed by atoms with Crippen molar-refractivity contribution in [1.29, 1.82) is 0 Å². The van der Waals surface area contributed by atoms with E-state index in [1.165, 1.54) is 0 Å². The summed E-state index contributed by atoms with van der Waals surface area (Å²) in [5.41, 5.74) is 1.37. The van der Waals surface area contributed by atoms with Crippen LogP contribution in [0, 0.1) is 6.92 Å². The molecule has 2 N–H and O–H groups in total. The summed E-state index contributed by atoms with van der Waals surface area (Å²) >= 11 is 0. The van der Waals surface area contributed by atoms with Gasteiger partial charge in [0.15, 0.2) is 5.65 Å². The third-order valence-electron chi connectivity index (χ3n) is 2.85. The average molecular weight is 261 g/mol. The number of carbonyl (C=O) groups is 1. The van der Waals surface area contributed by atoms with Crippen molar-refractivity contribution < 1.29 is 4.79 Å². The van der Waals surface area contributed by atoms with Crippen LogP contribution in [0.3, 0.4) is 0 Å². The Morgan fingerprint density at radius 3 is 2.89 bits per heavy atom. The fraction of sp³-hybridized carbons (Fsp3) is 0.462. The molecule has 2 rings (SSSR count). The highest BCUT2D eigenvalue weighted by molar-refractivity contribution is 5.94. The third kappa shape index (κ3) is 3.29. The summed E-state index contributed by atoms with van der Waals surface area (Å²) in [5, 5.41) is 14.1. The van der Waals surface area contributed by atoms with E-state index in [-0.39, 0.29) is 5.91 Å². The minimum Gasteiger partial charge on any atom is -0.351 e. The number of rotatable bonds is 6. The van der Waals surface area contributed by atoms with Gasteiger partial charge in [0.25, 0.3) is 5.91 Å². The van der Waals surface area contributed by atoms with E-state index in [4.69, 9.17) is 0 Å². The zero-order valence-electron chi connectivity index (χ0n) is 11.3. The first-order chi connectivity index (χ1) is 9.22. The number of nitrogens with zero attached hydrogens (tertiary/aromatic N) is 3. The summed E-state index contributed by atoms with van der Waals surface area (Å²) in [5.74, 6) is 0.697. The summed E-state index contributed by atoms with van der Waals surface area (Å²) in [6.45, 7) is 6.35.